The molecule has 0 amide bonds. The highest BCUT2D eigenvalue weighted by Crippen LogP contribution is 2.61. The van der Waals surface area contributed by atoms with E-state index in [2.05, 4.69) is 213 Å². The zero-order valence-corrected chi connectivity index (χ0v) is 35.9. The number of hydrogen-bond acceptors (Lipinski definition) is 1. The van der Waals surface area contributed by atoms with E-state index in [-0.39, 0.29) is 5.41 Å². The molecule has 8 aromatic rings. The minimum absolute atomic E-state index is 0.150. The minimum atomic E-state index is -0.150. The molecule has 62 heavy (non-hydrogen) atoms. The third-order valence-electron chi connectivity index (χ3n) is 15.5. The Balaban J connectivity index is 0.961. The quantitative estimate of drug-likeness (QED) is 0.148. The van der Waals surface area contributed by atoms with Gasteiger partial charge in [0, 0.05) is 22.5 Å². The van der Waals surface area contributed by atoms with Gasteiger partial charge in [0.2, 0.25) is 0 Å². The lowest BCUT2D eigenvalue weighted by molar-refractivity contribution is -0.00518. The number of benzene rings is 8. The van der Waals surface area contributed by atoms with Crippen molar-refractivity contribution >= 4 is 17.1 Å². The van der Waals surface area contributed by atoms with Crippen LogP contribution in [0.4, 0.5) is 17.1 Å². The molecule has 0 radical (unpaired) electrons. The van der Waals surface area contributed by atoms with Gasteiger partial charge in [-0.2, -0.15) is 0 Å². The monoisotopic (exact) mass is 799 g/mol. The van der Waals surface area contributed by atoms with Crippen LogP contribution in [0.3, 0.4) is 0 Å². The van der Waals surface area contributed by atoms with Crippen LogP contribution in [0.15, 0.2) is 194 Å². The van der Waals surface area contributed by atoms with Gasteiger partial charge in [0.15, 0.2) is 0 Å². The third kappa shape index (κ3) is 6.11. The standard InChI is InChI=1S/C61H53N/c1-60(2)57-23-13-22-53(45-16-7-4-8-17-45)59(57)56-33-32-50(37-58(56)60)62(49-30-26-47(27-31-49)61-38-41-34-42(39-61)36-43(35-41)40-61)48-28-24-46(25-29-48)52-19-10-12-21-55(52)54-20-11-9-18-51(54)44-14-5-3-6-15-44/h3-33,37,41-43H,34-36,38-40H2,1-2H3. The maximum absolute atomic E-state index is 2.50. The lowest BCUT2D eigenvalue weighted by Gasteiger charge is -2.57. The predicted octanol–water partition coefficient (Wildman–Crippen LogP) is 16.6. The van der Waals surface area contributed by atoms with Crippen molar-refractivity contribution in [2.24, 2.45) is 17.8 Å². The molecular formula is C61H53N. The fourth-order valence-electron chi connectivity index (χ4n) is 13.0. The number of rotatable bonds is 8. The Morgan fingerprint density at radius 3 is 1.39 bits per heavy atom. The van der Waals surface area contributed by atoms with Gasteiger partial charge in [-0.05, 0) is 170 Å². The van der Waals surface area contributed by atoms with E-state index in [1.54, 1.807) is 5.56 Å². The Labute approximate surface area is 367 Å². The molecule has 8 aromatic carbocycles. The second-order valence-electron chi connectivity index (χ2n) is 19.5. The molecule has 0 N–H and O–H groups in total. The first kappa shape index (κ1) is 37.3. The fraction of sp³-hybridized carbons (Fsp3) is 0.213. The van der Waals surface area contributed by atoms with Crippen molar-refractivity contribution in [1.82, 2.24) is 0 Å². The zero-order valence-electron chi connectivity index (χ0n) is 35.9. The first-order valence-electron chi connectivity index (χ1n) is 23.0. The molecule has 0 saturated heterocycles. The highest BCUT2D eigenvalue weighted by molar-refractivity contribution is 5.95. The first-order chi connectivity index (χ1) is 30.4. The number of nitrogens with zero attached hydrogens (tertiary/aromatic N) is 1. The molecule has 0 aliphatic heterocycles. The average Bonchev–Trinajstić information content (AvgIpc) is 3.55. The highest BCUT2D eigenvalue weighted by Gasteiger charge is 2.51. The van der Waals surface area contributed by atoms with Crippen LogP contribution in [-0.4, -0.2) is 0 Å². The molecule has 13 rings (SSSR count). The first-order valence-corrected chi connectivity index (χ1v) is 23.0. The van der Waals surface area contributed by atoms with E-state index in [0.29, 0.717) is 5.41 Å². The summed E-state index contributed by atoms with van der Waals surface area (Å²) in [6.07, 6.45) is 8.55. The second-order valence-corrected chi connectivity index (χ2v) is 19.5. The summed E-state index contributed by atoms with van der Waals surface area (Å²) in [5.41, 5.74) is 20.8. The Hall–Kier alpha value is -6.44. The van der Waals surface area contributed by atoms with Gasteiger partial charge in [0.1, 0.15) is 0 Å². The Morgan fingerprint density at radius 1 is 0.371 bits per heavy atom. The van der Waals surface area contributed by atoms with Crippen LogP contribution in [-0.2, 0) is 10.8 Å². The summed E-state index contributed by atoms with van der Waals surface area (Å²) in [7, 11) is 0. The van der Waals surface area contributed by atoms with Crippen LogP contribution in [0.25, 0.3) is 55.6 Å². The van der Waals surface area contributed by atoms with Crippen molar-refractivity contribution in [3.05, 3.63) is 211 Å². The Bertz CT molecular complexity index is 2900. The number of anilines is 3. The van der Waals surface area contributed by atoms with E-state index in [0.717, 1.165) is 23.4 Å². The van der Waals surface area contributed by atoms with Crippen molar-refractivity contribution < 1.29 is 0 Å². The van der Waals surface area contributed by atoms with Crippen molar-refractivity contribution in [3.8, 4) is 55.6 Å². The van der Waals surface area contributed by atoms with Crippen LogP contribution >= 0.6 is 0 Å². The molecule has 4 bridgehead atoms. The molecule has 0 heterocycles. The van der Waals surface area contributed by atoms with E-state index in [9.17, 15) is 0 Å². The Morgan fingerprint density at radius 2 is 0.823 bits per heavy atom. The van der Waals surface area contributed by atoms with Crippen molar-refractivity contribution in [2.75, 3.05) is 4.90 Å². The molecule has 0 aromatic heterocycles. The normalized spacial score (nSPS) is 21.4. The van der Waals surface area contributed by atoms with Crippen LogP contribution in [0.2, 0.25) is 0 Å². The second kappa shape index (κ2) is 14.6. The van der Waals surface area contributed by atoms with Gasteiger partial charge in [-0.1, -0.05) is 172 Å². The molecule has 0 atom stereocenters. The zero-order chi connectivity index (χ0) is 41.4. The van der Waals surface area contributed by atoms with Gasteiger partial charge < -0.3 is 4.90 Å². The molecule has 4 fully saturated rings. The number of hydrogen-bond donors (Lipinski definition) is 0. The number of fused-ring (bicyclic) bond motifs is 3. The van der Waals surface area contributed by atoms with E-state index in [4.69, 9.17) is 0 Å². The molecule has 1 heteroatoms. The molecule has 0 spiro atoms. The molecule has 4 saturated carbocycles. The molecule has 0 unspecified atom stereocenters. The third-order valence-corrected chi connectivity index (χ3v) is 15.5. The van der Waals surface area contributed by atoms with E-state index >= 15 is 0 Å². The summed E-state index contributed by atoms with van der Waals surface area (Å²) in [6.45, 7) is 4.81. The molecule has 1 nitrogen and oxygen atoms in total. The maximum Gasteiger partial charge on any atom is 0.0465 e. The lowest BCUT2D eigenvalue weighted by atomic mass is 9.48. The van der Waals surface area contributed by atoms with Crippen LogP contribution in [0, 0.1) is 17.8 Å². The summed E-state index contributed by atoms with van der Waals surface area (Å²) in [6, 6.07) is 72.7. The van der Waals surface area contributed by atoms with Crippen molar-refractivity contribution in [1.29, 1.82) is 0 Å². The lowest BCUT2D eigenvalue weighted by Crippen LogP contribution is -2.48. The Kier molecular flexibility index (Phi) is 8.79. The smallest absolute Gasteiger partial charge is 0.0465 e. The van der Waals surface area contributed by atoms with Crippen LogP contribution in [0.1, 0.15) is 69.1 Å². The summed E-state index contributed by atoms with van der Waals surface area (Å²) in [5, 5.41) is 0. The summed E-state index contributed by atoms with van der Waals surface area (Å²) < 4.78 is 0. The average molecular weight is 800 g/mol. The summed E-state index contributed by atoms with van der Waals surface area (Å²) in [4.78, 5) is 2.50. The van der Waals surface area contributed by atoms with Crippen molar-refractivity contribution in [3.63, 3.8) is 0 Å². The summed E-state index contributed by atoms with van der Waals surface area (Å²) >= 11 is 0. The highest BCUT2D eigenvalue weighted by atomic mass is 15.1. The van der Waals surface area contributed by atoms with Gasteiger partial charge in [-0.25, -0.2) is 0 Å². The van der Waals surface area contributed by atoms with E-state index < -0.39 is 0 Å². The minimum Gasteiger partial charge on any atom is -0.310 e. The van der Waals surface area contributed by atoms with Gasteiger partial charge in [0.25, 0.3) is 0 Å². The van der Waals surface area contributed by atoms with Crippen LogP contribution < -0.4 is 4.90 Å². The van der Waals surface area contributed by atoms with Gasteiger partial charge >= 0.3 is 0 Å². The molecular weight excluding hydrogens is 747 g/mol. The fourth-order valence-corrected chi connectivity index (χ4v) is 13.0. The van der Waals surface area contributed by atoms with E-state index in [1.807, 2.05) is 0 Å². The largest absolute Gasteiger partial charge is 0.310 e. The molecule has 302 valence electrons. The topological polar surface area (TPSA) is 3.24 Å². The molecule has 5 aliphatic carbocycles. The van der Waals surface area contributed by atoms with Gasteiger partial charge in [0.05, 0.1) is 0 Å². The maximum atomic E-state index is 2.50. The van der Waals surface area contributed by atoms with Gasteiger partial charge in [-0.15, -0.1) is 0 Å². The van der Waals surface area contributed by atoms with Gasteiger partial charge in [-0.3, -0.25) is 0 Å². The SMILES string of the molecule is CC1(C)c2cc(N(c3ccc(-c4ccccc4-c4ccccc4-c4ccccc4)cc3)c3ccc(C45CC6CC(CC(C6)C4)C5)cc3)ccc2-c2c(-c3ccccc3)cccc21. The predicted molar refractivity (Wildman–Crippen MR) is 260 cm³/mol. The van der Waals surface area contributed by atoms with E-state index in [1.165, 1.54) is 117 Å². The molecule has 5 aliphatic rings. The van der Waals surface area contributed by atoms with Crippen LogP contribution in [0.5, 0.6) is 0 Å². The van der Waals surface area contributed by atoms with Crippen molar-refractivity contribution in [2.45, 2.75) is 63.2 Å². The summed E-state index contributed by atoms with van der Waals surface area (Å²) in [5.74, 6) is 2.78.